The molecule has 2 rings (SSSR count). The van der Waals surface area contributed by atoms with E-state index in [1.807, 2.05) is 19.1 Å². The standard InChI is InChI=1S/C14H19Br2NO2/c1-9(17)4-11-5-12(15)14(13(16)6-11)19-8-18-7-10-2-3-10/h5-6,9-10H,2-4,7-8,17H2,1H3. The Morgan fingerprint density at radius 1 is 1.32 bits per heavy atom. The normalized spacial score (nSPS) is 16.4. The molecule has 1 aromatic carbocycles. The fraction of sp³-hybridized carbons (Fsp3) is 0.571. The average molecular weight is 393 g/mol. The van der Waals surface area contributed by atoms with E-state index in [9.17, 15) is 0 Å². The van der Waals surface area contributed by atoms with E-state index in [4.69, 9.17) is 15.2 Å². The van der Waals surface area contributed by atoms with Gasteiger partial charge in [-0.05, 0) is 81.7 Å². The van der Waals surface area contributed by atoms with Gasteiger partial charge in [0, 0.05) is 6.04 Å². The van der Waals surface area contributed by atoms with Gasteiger partial charge in [0.1, 0.15) is 0 Å². The molecule has 0 amide bonds. The Morgan fingerprint density at radius 2 is 1.95 bits per heavy atom. The zero-order valence-electron chi connectivity index (χ0n) is 11.0. The number of ether oxygens (including phenoxy) is 2. The quantitative estimate of drug-likeness (QED) is 0.565. The first-order valence-corrected chi connectivity index (χ1v) is 8.09. The molecule has 1 atom stereocenters. The largest absolute Gasteiger partial charge is 0.465 e. The molecule has 1 saturated carbocycles. The zero-order chi connectivity index (χ0) is 13.8. The molecule has 1 fully saturated rings. The number of hydrogen-bond acceptors (Lipinski definition) is 3. The lowest BCUT2D eigenvalue weighted by Crippen LogP contribution is -2.17. The molecule has 1 aromatic rings. The molecule has 0 saturated heterocycles. The van der Waals surface area contributed by atoms with Crippen LogP contribution in [0.25, 0.3) is 0 Å². The second-order valence-electron chi connectivity index (χ2n) is 5.15. The Hall–Kier alpha value is -0.100. The van der Waals surface area contributed by atoms with Crippen LogP contribution in [0, 0.1) is 5.92 Å². The molecule has 1 aliphatic rings. The Bertz CT molecular complexity index is 410. The number of benzene rings is 1. The van der Waals surface area contributed by atoms with Crippen LogP contribution in [0.1, 0.15) is 25.3 Å². The number of rotatable bonds is 7. The van der Waals surface area contributed by atoms with Crippen LogP contribution < -0.4 is 10.5 Å². The molecule has 2 N–H and O–H groups in total. The SMILES string of the molecule is CC(N)Cc1cc(Br)c(OCOCC2CC2)c(Br)c1. The van der Waals surface area contributed by atoms with Crippen molar-refractivity contribution in [2.24, 2.45) is 11.7 Å². The van der Waals surface area contributed by atoms with Crippen LogP contribution in [-0.4, -0.2) is 19.4 Å². The predicted molar refractivity (Wildman–Crippen MR) is 83.4 cm³/mol. The van der Waals surface area contributed by atoms with Gasteiger partial charge >= 0.3 is 0 Å². The van der Waals surface area contributed by atoms with E-state index in [2.05, 4.69) is 31.9 Å². The summed E-state index contributed by atoms with van der Waals surface area (Å²) in [6, 6.07) is 4.24. The van der Waals surface area contributed by atoms with E-state index in [-0.39, 0.29) is 6.04 Å². The summed E-state index contributed by atoms with van der Waals surface area (Å²) in [6.07, 6.45) is 3.42. The highest BCUT2D eigenvalue weighted by molar-refractivity contribution is 9.11. The van der Waals surface area contributed by atoms with Crippen LogP contribution in [0.15, 0.2) is 21.1 Å². The van der Waals surface area contributed by atoms with Crippen molar-refractivity contribution in [2.75, 3.05) is 13.4 Å². The minimum Gasteiger partial charge on any atom is -0.465 e. The topological polar surface area (TPSA) is 44.5 Å². The first-order valence-electron chi connectivity index (χ1n) is 6.50. The van der Waals surface area contributed by atoms with Crippen molar-refractivity contribution in [3.63, 3.8) is 0 Å². The number of nitrogens with two attached hydrogens (primary N) is 1. The lowest BCUT2D eigenvalue weighted by Gasteiger charge is -2.13. The average Bonchev–Trinajstić information content (AvgIpc) is 3.10. The lowest BCUT2D eigenvalue weighted by atomic mass is 10.1. The summed E-state index contributed by atoms with van der Waals surface area (Å²) in [6.45, 7) is 3.09. The van der Waals surface area contributed by atoms with E-state index in [1.165, 1.54) is 18.4 Å². The third kappa shape index (κ3) is 5.06. The maximum atomic E-state index is 5.81. The second-order valence-corrected chi connectivity index (χ2v) is 6.86. The molecule has 0 bridgehead atoms. The summed E-state index contributed by atoms with van der Waals surface area (Å²) in [5.41, 5.74) is 6.99. The fourth-order valence-corrected chi connectivity index (χ4v) is 3.35. The van der Waals surface area contributed by atoms with Crippen molar-refractivity contribution >= 4 is 31.9 Å². The van der Waals surface area contributed by atoms with Gasteiger partial charge in [-0.25, -0.2) is 0 Å². The Balaban J connectivity index is 1.91. The Morgan fingerprint density at radius 3 is 2.47 bits per heavy atom. The molecular formula is C14H19Br2NO2. The van der Waals surface area contributed by atoms with Gasteiger partial charge in [-0.15, -0.1) is 0 Å². The summed E-state index contributed by atoms with van der Waals surface area (Å²) in [4.78, 5) is 0. The molecule has 3 nitrogen and oxygen atoms in total. The number of halogens is 2. The van der Waals surface area contributed by atoms with E-state index in [0.29, 0.717) is 6.79 Å². The molecule has 0 aliphatic heterocycles. The van der Waals surface area contributed by atoms with Gasteiger partial charge in [0.05, 0.1) is 15.6 Å². The summed E-state index contributed by atoms with van der Waals surface area (Å²) >= 11 is 7.06. The Labute approximate surface area is 131 Å². The summed E-state index contributed by atoms with van der Waals surface area (Å²) in [7, 11) is 0. The van der Waals surface area contributed by atoms with Crippen molar-refractivity contribution < 1.29 is 9.47 Å². The second kappa shape index (κ2) is 7.07. The van der Waals surface area contributed by atoms with Crippen molar-refractivity contribution in [3.05, 3.63) is 26.6 Å². The molecule has 0 heterocycles. The van der Waals surface area contributed by atoms with Crippen LogP contribution in [-0.2, 0) is 11.2 Å². The van der Waals surface area contributed by atoms with Crippen molar-refractivity contribution in [1.29, 1.82) is 0 Å². The van der Waals surface area contributed by atoms with Gasteiger partial charge in [-0.2, -0.15) is 0 Å². The highest BCUT2D eigenvalue weighted by Gasteiger charge is 2.21. The van der Waals surface area contributed by atoms with Gasteiger partial charge in [0.25, 0.3) is 0 Å². The maximum absolute atomic E-state index is 5.81. The van der Waals surface area contributed by atoms with Crippen LogP contribution >= 0.6 is 31.9 Å². The molecule has 19 heavy (non-hydrogen) atoms. The highest BCUT2D eigenvalue weighted by Crippen LogP contribution is 2.35. The molecule has 0 spiro atoms. The van der Waals surface area contributed by atoms with E-state index in [0.717, 1.165) is 33.6 Å². The molecule has 0 radical (unpaired) electrons. The van der Waals surface area contributed by atoms with Gasteiger partial charge in [-0.3, -0.25) is 0 Å². The minimum atomic E-state index is 0.146. The van der Waals surface area contributed by atoms with Crippen LogP contribution in [0.5, 0.6) is 5.75 Å². The van der Waals surface area contributed by atoms with Crippen molar-refractivity contribution in [2.45, 2.75) is 32.2 Å². The monoisotopic (exact) mass is 391 g/mol. The maximum Gasteiger partial charge on any atom is 0.189 e. The lowest BCUT2D eigenvalue weighted by molar-refractivity contribution is 0.00913. The Kier molecular flexibility index (Phi) is 5.69. The minimum absolute atomic E-state index is 0.146. The molecule has 1 aliphatic carbocycles. The number of hydrogen-bond donors (Lipinski definition) is 1. The third-order valence-corrected chi connectivity index (χ3v) is 4.13. The first-order chi connectivity index (χ1) is 9.06. The first kappa shape index (κ1) is 15.3. The van der Waals surface area contributed by atoms with Gasteiger partial charge in [-0.1, -0.05) is 0 Å². The fourth-order valence-electron chi connectivity index (χ4n) is 1.84. The molecule has 1 unspecified atom stereocenters. The summed E-state index contributed by atoms with van der Waals surface area (Å²) in [5.74, 6) is 1.54. The van der Waals surface area contributed by atoms with Crippen molar-refractivity contribution in [3.8, 4) is 5.75 Å². The van der Waals surface area contributed by atoms with E-state index in [1.54, 1.807) is 0 Å². The van der Waals surface area contributed by atoms with Crippen LogP contribution in [0.2, 0.25) is 0 Å². The van der Waals surface area contributed by atoms with Crippen molar-refractivity contribution in [1.82, 2.24) is 0 Å². The van der Waals surface area contributed by atoms with E-state index < -0.39 is 0 Å². The molecule has 0 aromatic heterocycles. The van der Waals surface area contributed by atoms with Crippen LogP contribution in [0.4, 0.5) is 0 Å². The van der Waals surface area contributed by atoms with Crippen LogP contribution in [0.3, 0.4) is 0 Å². The summed E-state index contributed by atoms with van der Waals surface area (Å²) in [5, 5.41) is 0. The smallest absolute Gasteiger partial charge is 0.189 e. The molecular weight excluding hydrogens is 374 g/mol. The third-order valence-electron chi connectivity index (χ3n) is 2.95. The van der Waals surface area contributed by atoms with E-state index >= 15 is 0 Å². The van der Waals surface area contributed by atoms with Gasteiger partial charge in [0.2, 0.25) is 0 Å². The molecule has 5 heteroatoms. The highest BCUT2D eigenvalue weighted by atomic mass is 79.9. The van der Waals surface area contributed by atoms with Gasteiger partial charge < -0.3 is 15.2 Å². The molecule has 106 valence electrons. The van der Waals surface area contributed by atoms with Gasteiger partial charge in [0.15, 0.2) is 12.5 Å². The predicted octanol–water partition coefficient (Wildman–Crippen LogP) is 3.86. The zero-order valence-corrected chi connectivity index (χ0v) is 14.2. The summed E-state index contributed by atoms with van der Waals surface area (Å²) < 4.78 is 13.0.